The van der Waals surface area contributed by atoms with E-state index in [-0.39, 0.29) is 5.54 Å². The van der Waals surface area contributed by atoms with Gasteiger partial charge in [0, 0.05) is 5.54 Å². The van der Waals surface area contributed by atoms with Gasteiger partial charge in [0.1, 0.15) is 0 Å². The van der Waals surface area contributed by atoms with Gasteiger partial charge in [0.25, 0.3) is 0 Å². The highest BCUT2D eigenvalue weighted by Crippen LogP contribution is 2.19. The van der Waals surface area contributed by atoms with E-state index >= 15 is 0 Å². The molecule has 0 unspecified atom stereocenters. The van der Waals surface area contributed by atoms with Crippen LogP contribution in [0.25, 0.3) is 10.8 Å². The van der Waals surface area contributed by atoms with Gasteiger partial charge < -0.3 is 5.73 Å². The predicted molar refractivity (Wildman–Crippen MR) is 75.3 cm³/mol. The zero-order chi connectivity index (χ0) is 12.5. The van der Waals surface area contributed by atoms with Crippen LogP contribution in [-0.4, -0.2) is 5.54 Å². The van der Waals surface area contributed by atoms with Crippen LogP contribution in [0.1, 0.15) is 31.4 Å². The Bertz CT molecular complexity index is 521. The summed E-state index contributed by atoms with van der Waals surface area (Å²) in [6, 6.07) is 13.3. The van der Waals surface area contributed by atoms with Crippen LogP contribution < -0.4 is 5.73 Å². The first kappa shape index (κ1) is 12.1. The van der Waals surface area contributed by atoms with Crippen molar-refractivity contribution in [2.45, 2.75) is 39.2 Å². The Kier molecular flexibility index (Phi) is 3.21. The first-order valence-electron chi connectivity index (χ1n) is 6.22. The molecule has 0 amide bonds. The van der Waals surface area contributed by atoms with Gasteiger partial charge in [-0.25, -0.2) is 0 Å². The summed E-state index contributed by atoms with van der Waals surface area (Å²) in [5, 5.41) is 2.64. The van der Waals surface area contributed by atoms with Crippen molar-refractivity contribution >= 4 is 10.8 Å². The van der Waals surface area contributed by atoms with Crippen molar-refractivity contribution in [2.24, 2.45) is 5.73 Å². The molecule has 1 nitrogen and oxygen atoms in total. The van der Waals surface area contributed by atoms with Crippen LogP contribution in [0.3, 0.4) is 0 Å². The van der Waals surface area contributed by atoms with Crippen molar-refractivity contribution in [1.29, 1.82) is 0 Å². The van der Waals surface area contributed by atoms with E-state index in [4.69, 9.17) is 5.73 Å². The lowest BCUT2D eigenvalue weighted by atomic mass is 9.95. The van der Waals surface area contributed by atoms with Crippen LogP contribution in [0.15, 0.2) is 36.4 Å². The topological polar surface area (TPSA) is 26.0 Å². The summed E-state index contributed by atoms with van der Waals surface area (Å²) in [6.07, 6.45) is 2.07. The molecule has 0 heterocycles. The Labute approximate surface area is 104 Å². The molecular formula is C16H21N. The van der Waals surface area contributed by atoms with E-state index in [1.165, 1.54) is 21.9 Å². The van der Waals surface area contributed by atoms with Crippen molar-refractivity contribution in [2.75, 3.05) is 0 Å². The first-order chi connectivity index (χ1) is 7.94. The van der Waals surface area contributed by atoms with Crippen LogP contribution in [0.4, 0.5) is 0 Å². The Morgan fingerprint density at radius 1 is 1.00 bits per heavy atom. The van der Waals surface area contributed by atoms with Gasteiger partial charge in [-0.2, -0.15) is 0 Å². The van der Waals surface area contributed by atoms with Gasteiger partial charge >= 0.3 is 0 Å². The summed E-state index contributed by atoms with van der Waals surface area (Å²) in [7, 11) is 0. The van der Waals surface area contributed by atoms with Gasteiger partial charge in [-0.15, -0.1) is 0 Å². The zero-order valence-corrected chi connectivity index (χ0v) is 11.0. The standard InChI is InChI=1S/C16H21N/c1-12-4-6-15-11-13(5-7-14(15)10-12)8-9-16(2,3)17/h4-7,10-11H,8-9,17H2,1-3H3. The van der Waals surface area contributed by atoms with E-state index in [0.29, 0.717) is 0 Å². The van der Waals surface area contributed by atoms with Crippen LogP contribution in [0, 0.1) is 6.92 Å². The fraction of sp³-hybridized carbons (Fsp3) is 0.375. The molecule has 17 heavy (non-hydrogen) atoms. The SMILES string of the molecule is Cc1ccc2cc(CCC(C)(C)N)ccc2c1. The molecule has 0 aliphatic heterocycles. The van der Waals surface area contributed by atoms with Crippen LogP contribution >= 0.6 is 0 Å². The van der Waals surface area contributed by atoms with Crippen molar-refractivity contribution < 1.29 is 0 Å². The lowest BCUT2D eigenvalue weighted by molar-refractivity contribution is 0.477. The average Bonchev–Trinajstić information content (AvgIpc) is 2.25. The number of aryl methyl sites for hydroxylation is 2. The van der Waals surface area contributed by atoms with Gasteiger partial charge in [-0.05, 0) is 49.9 Å². The first-order valence-corrected chi connectivity index (χ1v) is 6.22. The number of nitrogens with two attached hydrogens (primary N) is 1. The fourth-order valence-corrected chi connectivity index (χ4v) is 2.04. The summed E-state index contributed by atoms with van der Waals surface area (Å²) in [6.45, 7) is 6.29. The minimum absolute atomic E-state index is 0.0811. The molecule has 2 aromatic carbocycles. The Morgan fingerprint density at radius 3 is 2.35 bits per heavy atom. The number of hydrogen-bond donors (Lipinski definition) is 1. The third-order valence-electron chi connectivity index (χ3n) is 3.12. The normalized spacial score (nSPS) is 12.0. The molecule has 0 aromatic heterocycles. The van der Waals surface area contributed by atoms with Gasteiger partial charge in [-0.1, -0.05) is 42.0 Å². The van der Waals surface area contributed by atoms with Gasteiger partial charge in [0.05, 0.1) is 0 Å². The molecule has 0 spiro atoms. The zero-order valence-electron chi connectivity index (χ0n) is 11.0. The predicted octanol–water partition coefficient (Wildman–Crippen LogP) is 3.82. The van der Waals surface area contributed by atoms with Gasteiger partial charge in [0.15, 0.2) is 0 Å². The molecule has 2 aromatic rings. The summed E-state index contributed by atoms with van der Waals surface area (Å²) in [5.41, 5.74) is 8.62. The molecule has 2 rings (SSSR count). The van der Waals surface area contributed by atoms with Crippen molar-refractivity contribution in [3.63, 3.8) is 0 Å². The molecule has 0 saturated heterocycles. The molecule has 90 valence electrons. The number of benzene rings is 2. The summed E-state index contributed by atoms with van der Waals surface area (Å²) >= 11 is 0. The van der Waals surface area contributed by atoms with Crippen LogP contribution in [-0.2, 0) is 6.42 Å². The minimum Gasteiger partial charge on any atom is -0.326 e. The lowest BCUT2D eigenvalue weighted by Crippen LogP contribution is -2.32. The van der Waals surface area contributed by atoms with Crippen molar-refractivity contribution in [3.05, 3.63) is 47.5 Å². The highest BCUT2D eigenvalue weighted by Gasteiger charge is 2.10. The van der Waals surface area contributed by atoms with Gasteiger partial charge in [-0.3, -0.25) is 0 Å². The molecule has 0 aliphatic rings. The molecule has 0 atom stereocenters. The number of fused-ring (bicyclic) bond motifs is 1. The highest BCUT2D eigenvalue weighted by atomic mass is 14.7. The van der Waals surface area contributed by atoms with E-state index in [1.807, 2.05) is 0 Å². The molecule has 2 N–H and O–H groups in total. The van der Waals surface area contributed by atoms with Crippen LogP contribution in [0.2, 0.25) is 0 Å². The van der Waals surface area contributed by atoms with E-state index in [9.17, 15) is 0 Å². The average molecular weight is 227 g/mol. The summed E-state index contributed by atoms with van der Waals surface area (Å²) in [4.78, 5) is 0. The van der Waals surface area contributed by atoms with Crippen molar-refractivity contribution in [1.82, 2.24) is 0 Å². The number of rotatable bonds is 3. The third-order valence-corrected chi connectivity index (χ3v) is 3.12. The Balaban J connectivity index is 2.23. The number of hydrogen-bond acceptors (Lipinski definition) is 1. The van der Waals surface area contributed by atoms with Crippen molar-refractivity contribution in [3.8, 4) is 0 Å². The summed E-state index contributed by atoms with van der Waals surface area (Å²) in [5.74, 6) is 0. The Hall–Kier alpha value is -1.34. The molecule has 1 heteroatoms. The monoisotopic (exact) mass is 227 g/mol. The second-order valence-corrected chi connectivity index (χ2v) is 5.67. The smallest absolute Gasteiger partial charge is 0.0100 e. The largest absolute Gasteiger partial charge is 0.326 e. The third kappa shape index (κ3) is 3.31. The molecular weight excluding hydrogens is 206 g/mol. The van der Waals surface area contributed by atoms with Crippen LogP contribution in [0.5, 0.6) is 0 Å². The van der Waals surface area contributed by atoms with E-state index in [2.05, 4.69) is 57.2 Å². The summed E-state index contributed by atoms with van der Waals surface area (Å²) < 4.78 is 0. The van der Waals surface area contributed by atoms with E-state index in [0.717, 1.165) is 12.8 Å². The lowest BCUT2D eigenvalue weighted by Gasteiger charge is -2.18. The highest BCUT2D eigenvalue weighted by molar-refractivity contribution is 5.83. The second kappa shape index (κ2) is 4.50. The van der Waals surface area contributed by atoms with E-state index in [1.54, 1.807) is 0 Å². The Morgan fingerprint density at radius 2 is 1.65 bits per heavy atom. The molecule has 0 fully saturated rings. The minimum atomic E-state index is -0.0811. The van der Waals surface area contributed by atoms with Gasteiger partial charge in [0.2, 0.25) is 0 Å². The maximum absolute atomic E-state index is 6.02. The quantitative estimate of drug-likeness (QED) is 0.847. The second-order valence-electron chi connectivity index (χ2n) is 5.67. The molecule has 0 bridgehead atoms. The fourth-order valence-electron chi connectivity index (χ4n) is 2.04. The maximum atomic E-state index is 6.02. The molecule has 0 radical (unpaired) electrons. The molecule has 0 saturated carbocycles. The molecule has 0 aliphatic carbocycles. The van der Waals surface area contributed by atoms with E-state index < -0.39 is 0 Å². The maximum Gasteiger partial charge on any atom is 0.0100 e.